The van der Waals surface area contributed by atoms with Crippen molar-refractivity contribution in [3.63, 3.8) is 0 Å². The molecule has 0 bridgehead atoms. The quantitative estimate of drug-likeness (QED) is 0.689. The Morgan fingerprint density at radius 2 is 2.00 bits per heavy atom. The van der Waals surface area contributed by atoms with Gasteiger partial charge in [-0.2, -0.15) is 11.8 Å². The number of carbonyl (C=O) groups excluding carboxylic acids is 1. The highest BCUT2D eigenvalue weighted by Crippen LogP contribution is 2.23. The molecule has 3 nitrogen and oxygen atoms in total. The van der Waals surface area contributed by atoms with E-state index in [1.165, 1.54) is 0 Å². The normalized spacial score (nSPS) is 17.1. The van der Waals surface area contributed by atoms with Crippen molar-refractivity contribution < 1.29 is 4.79 Å². The number of carbonyl (C=O) groups is 1. The average molecular weight is 246 g/mol. The van der Waals surface area contributed by atoms with Crippen LogP contribution >= 0.6 is 11.8 Å². The third-order valence-electron chi connectivity index (χ3n) is 2.52. The molecule has 1 amide bonds. The summed E-state index contributed by atoms with van der Waals surface area (Å²) in [5.74, 6) is 1.56. The Morgan fingerprint density at radius 1 is 1.44 bits per heavy atom. The van der Waals surface area contributed by atoms with E-state index in [0.29, 0.717) is 11.2 Å². The highest BCUT2D eigenvalue weighted by atomic mass is 32.2. The standard InChI is InChI=1S/C12H26N2OS/c1-6-14-12(5,11(13)15)7-10(4)16-8-9(2)3/h9-10,14H,6-8H2,1-5H3,(H2,13,15). The van der Waals surface area contributed by atoms with Crippen LogP contribution in [0.25, 0.3) is 0 Å². The zero-order chi connectivity index (χ0) is 12.8. The Labute approximate surface area is 104 Å². The summed E-state index contributed by atoms with van der Waals surface area (Å²) in [6.07, 6.45) is 0.785. The Bertz CT molecular complexity index is 221. The van der Waals surface area contributed by atoms with Gasteiger partial charge in [0, 0.05) is 5.25 Å². The molecule has 0 aromatic heterocycles. The molecule has 3 N–H and O–H groups in total. The van der Waals surface area contributed by atoms with Gasteiger partial charge in [0.15, 0.2) is 0 Å². The molecule has 0 aliphatic rings. The lowest BCUT2D eigenvalue weighted by atomic mass is 9.95. The number of primary amides is 1. The number of rotatable bonds is 8. The average Bonchev–Trinajstić information content (AvgIpc) is 2.14. The lowest BCUT2D eigenvalue weighted by molar-refractivity contribution is -0.124. The van der Waals surface area contributed by atoms with E-state index in [9.17, 15) is 4.79 Å². The Hall–Kier alpha value is -0.220. The first-order valence-corrected chi connectivity index (χ1v) is 7.03. The Balaban J connectivity index is 4.23. The molecule has 4 heteroatoms. The molecule has 0 aliphatic heterocycles. The van der Waals surface area contributed by atoms with Gasteiger partial charge in [0.1, 0.15) is 0 Å². The number of hydrogen-bond acceptors (Lipinski definition) is 3. The molecule has 0 saturated carbocycles. The number of nitrogens with one attached hydrogen (secondary N) is 1. The molecule has 0 radical (unpaired) electrons. The molecule has 16 heavy (non-hydrogen) atoms. The number of thioether (sulfide) groups is 1. The summed E-state index contributed by atoms with van der Waals surface area (Å²) in [6, 6.07) is 0. The van der Waals surface area contributed by atoms with Gasteiger partial charge in [-0.3, -0.25) is 4.79 Å². The smallest absolute Gasteiger partial charge is 0.237 e. The summed E-state index contributed by atoms with van der Waals surface area (Å²) in [7, 11) is 0. The fourth-order valence-electron chi connectivity index (χ4n) is 1.64. The van der Waals surface area contributed by atoms with E-state index in [1.54, 1.807) is 0 Å². The van der Waals surface area contributed by atoms with Crippen LogP contribution < -0.4 is 11.1 Å². The van der Waals surface area contributed by atoms with Gasteiger partial charge in [-0.1, -0.05) is 27.7 Å². The molecule has 0 aliphatic carbocycles. The second-order valence-electron chi connectivity index (χ2n) is 4.97. The molecule has 96 valence electrons. The molecular formula is C12H26N2OS. The minimum Gasteiger partial charge on any atom is -0.368 e. The zero-order valence-electron chi connectivity index (χ0n) is 11.2. The first-order valence-electron chi connectivity index (χ1n) is 5.98. The summed E-state index contributed by atoms with van der Waals surface area (Å²) in [6.45, 7) is 11.2. The van der Waals surface area contributed by atoms with Crippen molar-refractivity contribution in [3.05, 3.63) is 0 Å². The molecule has 0 aromatic carbocycles. The van der Waals surface area contributed by atoms with E-state index in [-0.39, 0.29) is 5.91 Å². The first kappa shape index (κ1) is 15.8. The van der Waals surface area contributed by atoms with Gasteiger partial charge in [0.2, 0.25) is 5.91 Å². The summed E-state index contributed by atoms with van der Waals surface area (Å²) in [5.41, 5.74) is 4.88. The Morgan fingerprint density at radius 3 is 2.38 bits per heavy atom. The second kappa shape index (κ2) is 7.17. The summed E-state index contributed by atoms with van der Waals surface area (Å²) < 4.78 is 0. The van der Waals surface area contributed by atoms with Crippen LogP contribution in [0.2, 0.25) is 0 Å². The molecule has 0 fully saturated rings. The molecule has 2 atom stereocenters. The predicted molar refractivity (Wildman–Crippen MR) is 72.7 cm³/mol. The van der Waals surface area contributed by atoms with Gasteiger partial charge in [0.05, 0.1) is 5.54 Å². The van der Waals surface area contributed by atoms with Gasteiger partial charge in [-0.05, 0) is 31.6 Å². The van der Waals surface area contributed by atoms with Gasteiger partial charge in [0.25, 0.3) is 0 Å². The fraction of sp³-hybridized carbons (Fsp3) is 0.917. The van der Waals surface area contributed by atoms with Crippen LogP contribution in [-0.2, 0) is 4.79 Å². The molecular weight excluding hydrogens is 220 g/mol. The van der Waals surface area contributed by atoms with Crippen molar-refractivity contribution in [2.24, 2.45) is 11.7 Å². The van der Waals surface area contributed by atoms with Crippen molar-refractivity contribution in [1.29, 1.82) is 0 Å². The molecule has 0 saturated heterocycles. The van der Waals surface area contributed by atoms with Gasteiger partial charge in [-0.25, -0.2) is 0 Å². The zero-order valence-corrected chi connectivity index (χ0v) is 12.0. The maximum absolute atomic E-state index is 11.4. The largest absolute Gasteiger partial charge is 0.368 e. The fourth-order valence-corrected chi connectivity index (χ4v) is 2.81. The number of hydrogen-bond donors (Lipinski definition) is 2. The van der Waals surface area contributed by atoms with Gasteiger partial charge >= 0.3 is 0 Å². The Kier molecular flexibility index (Phi) is 7.07. The van der Waals surface area contributed by atoms with E-state index < -0.39 is 5.54 Å². The van der Waals surface area contributed by atoms with Crippen molar-refractivity contribution >= 4 is 17.7 Å². The van der Waals surface area contributed by atoms with Crippen LogP contribution in [0.1, 0.15) is 41.0 Å². The van der Waals surface area contributed by atoms with Crippen molar-refractivity contribution in [2.75, 3.05) is 12.3 Å². The third kappa shape index (κ3) is 5.75. The highest BCUT2D eigenvalue weighted by molar-refractivity contribution is 7.99. The molecule has 2 unspecified atom stereocenters. The maximum Gasteiger partial charge on any atom is 0.237 e. The van der Waals surface area contributed by atoms with Crippen LogP contribution in [0.15, 0.2) is 0 Å². The lowest BCUT2D eigenvalue weighted by Gasteiger charge is -2.30. The van der Waals surface area contributed by atoms with Crippen molar-refractivity contribution in [3.8, 4) is 0 Å². The SMILES string of the molecule is CCNC(C)(CC(C)SCC(C)C)C(N)=O. The molecule has 0 aromatic rings. The topological polar surface area (TPSA) is 55.1 Å². The van der Waals surface area contributed by atoms with Crippen molar-refractivity contribution in [1.82, 2.24) is 5.32 Å². The van der Waals surface area contributed by atoms with E-state index in [2.05, 4.69) is 26.1 Å². The second-order valence-corrected chi connectivity index (χ2v) is 6.44. The van der Waals surface area contributed by atoms with E-state index >= 15 is 0 Å². The first-order chi connectivity index (χ1) is 7.31. The van der Waals surface area contributed by atoms with Crippen LogP contribution in [0.4, 0.5) is 0 Å². The van der Waals surface area contributed by atoms with Crippen LogP contribution in [0, 0.1) is 5.92 Å². The van der Waals surface area contributed by atoms with Crippen molar-refractivity contribution in [2.45, 2.75) is 51.8 Å². The summed E-state index contributed by atoms with van der Waals surface area (Å²) in [4.78, 5) is 11.4. The summed E-state index contributed by atoms with van der Waals surface area (Å²) >= 11 is 1.91. The monoisotopic (exact) mass is 246 g/mol. The molecule has 0 heterocycles. The molecule has 0 rings (SSSR count). The minimum absolute atomic E-state index is 0.258. The van der Waals surface area contributed by atoms with E-state index in [0.717, 1.165) is 18.7 Å². The molecule has 0 spiro atoms. The lowest BCUT2D eigenvalue weighted by Crippen LogP contribution is -2.54. The van der Waals surface area contributed by atoms with Crippen LogP contribution in [-0.4, -0.2) is 29.0 Å². The maximum atomic E-state index is 11.4. The highest BCUT2D eigenvalue weighted by Gasteiger charge is 2.31. The van der Waals surface area contributed by atoms with E-state index in [1.807, 2.05) is 25.6 Å². The van der Waals surface area contributed by atoms with Crippen LogP contribution in [0.3, 0.4) is 0 Å². The van der Waals surface area contributed by atoms with Crippen LogP contribution in [0.5, 0.6) is 0 Å². The third-order valence-corrected chi connectivity index (χ3v) is 4.12. The van der Waals surface area contributed by atoms with E-state index in [4.69, 9.17) is 5.73 Å². The summed E-state index contributed by atoms with van der Waals surface area (Å²) in [5, 5.41) is 3.63. The number of amides is 1. The predicted octanol–water partition coefficient (Wildman–Crippen LogP) is 2.01. The van der Waals surface area contributed by atoms with Gasteiger partial charge in [-0.15, -0.1) is 0 Å². The van der Waals surface area contributed by atoms with Gasteiger partial charge < -0.3 is 11.1 Å². The number of likely N-dealkylation sites (N-methyl/N-ethyl adjacent to an activating group) is 1. The minimum atomic E-state index is -0.571. The number of nitrogens with two attached hydrogens (primary N) is 1.